The topological polar surface area (TPSA) is 93.9 Å². The van der Waals surface area contributed by atoms with Crippen LogP contribution in [0.2, 0.25) is 0 Å². The molecule has 8 nitrogen and oxygen atoms in total. The second-order valence-corrected chi connectivity index (χ2v) is 8.73. The summed E-state index contributed by atoms with van der Waals surface area (Å²) in [4.78, 5) is 32.8. The molecule has 2 aliphatic rings. The molecule has 2 aromatic heterocycles. The van der Waals surface area contributed by atoms with E-state index in [4.69, 9.17) is 13.9 Å². The van der Waals surface area contributed by atoms with Crippen molar-refractivity contribution in [1.29, 1.82) is 0 Å². The summed E-state index contributed by atoms with van der Waals surface area (Å²) in [5.74, 6) is 1.68. The zero-order valence-corrected chi connectivity index (χ0v) is 17.7. The highest BCUT2D eigenvalue weighted by Gasteiger charge is 2.30. The van der Waals surface area contributed by atoms with E-state index >= 15 is 0 Å². The maximum Gasteiger partial charge on any atom is 0.273 e. The number of furan rings is 1. The van der Waals surface area contributed by atoms with Crippen molar-refractivity contribution in [3.63, 3.8) is 0 Å². The predicted octanol–water partition coefficient (Wildman–Crippen LogP) is 3.93. The van der Waals surface area contributed by atoms with Crippen LogP contribution in [-0.2, 0) is 4.79 Å². The number of nitrogens with zero attached hydrogens (tertiary/aromatic N) is 2. The van der Waals surface area contributed by atoms with Gasteiger partial charge in [-0.05, 0) is 44.0 Å². The van der Waals surface area contributed by atoms with E-state index in [-0.39, 0.29) is 24.5 Å². The Morgan fingerprint density at radius 1 is 1.16 bits per heavy atom. The van der Waals surface area contributed by atoms with Crippen LogP contribution in [0.25, 0.3) is 10.8 Å². The molecule has 160 valence electrons. The van der Waals surface area contributed by atoms with Gasteiger partial charge < -0.3 is 24.1 Å². The van der Waals surface area contributed by atoms with Crippen molar-refractivity contribution in [2.45, 2.75) is 19.8 Å². The third kappa shape index (κ3) is 3.88. The molecule has 0 radical (unpaired) electrons. The molecule has 31 heavy (non-hydrogen) atoms. The third-order valence-corrected chi connectivity index (χ3v) is 6.51. The highest BCUT2D eigenvalue weighted by molar-refractivity contribution is 7.15. The van der Waals surface area contributed by atoms with Crippen LogP contribution in [0.15, 0.2) is 41.0 Å². The quantitative estimate of drug-likeness (QED) is 0.662. The Labute approximate surface area is 182 Å². The molecule has 9 heteroatoms. The number of aromatic nitrogens is 1. The first-order valence-corrected chi connectivity index (χ1v) is 10.9. The highest BCUT2D eigenvalue weighted by atomic mass is 32.1. The minimum atomic E-state index is -0.148. The SMILES string of the molecule is Cc1sc(-c2ccco2)nc1C(=O)N1CCC(C(=O)Nc2ccc3c(c2)OCO3)CC1. The number of rotatable bonds is 4. The van der Waals surface area contributed by atoms with Crippen molar-refractivity contribution >= 4 is 28.8 Å². The summed E-state index contributed by atoms with van der Waals surface area (Å²) in [6.07, 6.45) is 2.81. The monoisotopic (exact) mass is 439 g/mol. The van der Waals surface area contributed by atoms with Crippen molar-refractivity contribution in [2.75, 3.05) is 25.2 Å². The van der Waals surface area contributed by atoms with E-state index in [9.17, 15) is 9.59 Å². The molecule has 0 unspecified atom stereocenters. The number of nitrogens with one attached hydrogen (secondary N) is 1. The van der Waals surface area contributed by atoms with Gasteiger partial charge in [0.1, 0.15) is 5.69 Å². The second-order valence-electron chi connectivity index (χ2n) is 7.52. The molecule has 0 spiro atoms. The molecular formula is C22H21N3O5S. The molecule has 0 bridgehead atoms. The van der Waals surface area contributed by atoms with Gasteiger partial charge in [-0.15, -0.1) is 11.3 Å². The summed E-state index contributed by atoms with van der Waals surface area (Å²) >= 11 is 1.44. The van der Waals surface area contributed by atoms with Gasteiger partial charge in [0.15, 0.2) is 22.3 Å². The average Bonchev–Trinajstić information content (AvgIpc) is 3.53. The summed E-state index contributed by atoms with van der Waals surface area (Å²) in [6, 6.07) is 8.97. The smallest absolute Gasteiger partial charge is 0.273 e. The van der Waals surface area contributed by atoms with Crippen LogP contribution in [0.1, 0.15) is 28.2 Å². The molecular weight excluding hydrogens is 418 g/mol. The Morgan fingerprint density at radius 3 is 2.74 bits per heavy atom. The largest absolute Gasteiger partial charge is 0.462 e. The number of fused-ring (bicyclic) bond motifs is 1. The van der Waals surface area contributed by atoms with E-state index < -0.39 is 0 Å². The number of benzene rings is 1. The lowest BCUT2D eigenvalue weighted by Crippen LogP contribution is -2.41. The first-order valence-electron chi connectivity index (χ1n) is 10.1. The fourth-order valence-corrected chi connectivity index (χ4v) is 4.69. The Kier molecular flexibility index (Phi) is 5.11. The minimum absolute atomic E-state index is 0.0455. The van der Waals surface area contributed by atoms with Crippen LogP contribution in [0.4, 0.5) is 5.69 Å². The van der Waals surface area contributed by atoms with Crippen LogP contribution in [-0.4, -0.2) is 41.6 Å². The number of carbonyl (C=O) groups excluding carboxylic acids is 2. The lowest BCUT2D eigenvalue weighted by atomic mass is 9.95. The summed E-state index contributed by atoms with van der Waals surface area (Å²) in [5.41, 5.74) is 1.14. The molecule has 0 saturated carbocycles. The van der Waals surface area contributed by atoms with Gasteiger partial charge in [-0.1, -0.05) is 0 Å². The number of hydrogen-bond acceptors (Lipinski definition) is 7. The van der Waals surface area contributed by atoms with Gasteiger partial charge in [-0.3, -0.25) is 9.59 Å². The normalized spacial score (nSPS) is 15.8. The standard InChI is InChI=1S/C22H21N3O5S/c1-13-19(24-21(31-13)17-3-2-10-28-17)22(27)25-8-6-14(7-9-25)20(26)23-15-4-5-16-18(11-15)30-12-29-16/h2-5,10-11,14H,6-9,12H2,1H3,(H,23,26). The number of aryl methyl sites for hydroxylation is 1. The maximum atomic E-state index is 13.0. The van der Waals surface area contributed by atoms with Crippen LogP contribution in [0.3, 0.4) is 0 Å². The molecule has 3 aromatic rings. The number of likely N-dealkylation sites (tertiary alicyclic amines) is 1. The number of carbonyl (C=O) groups is 2. The van der Waals surface area contributed by atoms with Crippen LogP contribution in [0, 0.1) is 12.8 Å². The Morgan fingerprint density at radius 2 is 1.97 bits per heavy atom. The van der Waals surface area contributed by atoms with E-state index in [0.717, 1.165) is 4.88 Å². The van der Waals surface area contributed by atoms with Crippen molar-refractivity contribution in [1.82, 2.24) is 9.88 Å². The van der Waals surface area contributed by atoms with E-state index in [0.29, 0.717) is 59.6 Å². The average molecular weight is 439 g/mol. The van der Waals surface area contributed by atoms with Crippen LogP contribution < -0.4 is 14.8 Å². The van der Waals surface area contributed by atoms with Crippen molar-refractivity contribution in [2.24, 2.45) is 5.92 Å². The predicted molar refractivity (Wildman–Crippen MR) is 114 cm³/mol. The fourth-order valence-electron chi connectivity index (χ4n) is 3.81. The number of thiazole rings is 1. The van der Waals surface area contributed by atoms with Crippen molar-refractivity contribution in [3.05, 3.63) is 47.2 Å². The van der Waals surface area contributed by atoms with Gasteiger partial charge in [0.05, 0.1) is 6.26 Å². The van der Waals surface area contributed by atoms with E-state index in [2.05, 4.69) is 10.3 Å². The molecule has 1 N–H and O–H groups in total. The minimum Gasteiger partial charge on any atom is -0.462 e. The van der Waals surface area contributed by atoms with Crippen LogP contribution in [0.5, 0.6) is 11.5 Å². The zero-order chi connectivity index (χ0) is 21.4. The third-order valence-electron chi connectivity index (χ3n) is 5.52. The van der Waals surface area contributed by atoms with Gasteiger partial charge in [-0.25, -0.2) is 4.98 Å². The number of piperidine rings is 1. The summed E-state index contributed by atoms with van der Waals surface area (Å²) in [6.45, 7) is 3.12. The Hall–Kier alpha value is -3.33. The van der Waals surface area contributed by atoms with E-state index in [1.807, 2.05) is 13.0 Å². The first-order chi connectivity index (χ1) is 15.1. The molecule has 1 aromatic carbocycles. The van der Waals surface area contributed by atoms with Crippen LogP contribution >= 0.6 is 11.3 Å². The molecule has 5 rings (SSSR count). The van der Waals surface area contributed by atoms with E-state index in [1.54, 1.807) is 35.4 Å². The molecule has 1 fully saturated rings. The van der Waals surface area contributed by atoms with Gasteiger partial charge in [-0.2, -0.15) is 0 Å². The molecule has 2 amide bonds. The Bertz CT molecular complexity index is 1120. The lowest BCUT2D eigenvalue weighted by Gasteiger charge is -2.31. The molecule has 0 atom stereocenters. The molecule has 4 heterocycles. The van der Waals surface area contributed by atoms with Crippen molar-refractivity contribution < 1.29 is 23.5 Å². The molecule has 0 aliphatic carbocycles. The molecule has 1 saturated heterocycles. The fraction of sp³-hybridized carbons (Fsp3) is 0.318. The number of anilines is 1. The van der Waals surface area contributed by atoms with Crippen molar-refractivity contribution in [3.8, 4) is 22.3 Å². The number of hydrogen-bond donors (Lipinski definition) is 1. The lowest BCUT2D eigenvalue weighted by molar-refractivity contribution is -0.121. The van der Waals surface area contributed by atoms with Gasteiger partial charge >= 0.3 is 0 Å². The Balaban J connectivity index is 1.19. The summed E-state index contributed by atoms with van der Waals surface area (Å²) in [7, 11) is 0. The summed E-state index contributed by atoms with van der Waals surface area (Å²) < 4.78 is 16.0. The molecule has 2 aliphatic heterocycles. The zero-order valence-electron chi connectivity index (χ0n) is 16.9. The number of ether oxygens (including phenoxy) is 2. The first kappa shape index (κ1) is 19.6. The van der Waals surface area contributed by atoms with Gasteiger partial charge in [0.25, 0.3) is 5.91 Å². The van der Waals surface area contributed by atoms with Gasteiger partial charge in [0.2, 0.25) is 12.7 Å². The summed E-state index contributed by atoms with van der Waals surface area (Å²) in [5, 5.41) is 3.64. The highest BCUT2D eigenvalue weighted by Crippen LogP contribution is 2.35. The number of amides is 2. The maximum absolute atomic E-state index is 13.0. The van der Waals surface area contributed by atoms with E-state index in [1.165, 1.54) is 11.3 Å². The second kappa shape index (κ2) is 8.07. The van der Waals surface area contributed by atoms with Gasteiger partial charge in [0, 0.05) is 35.6 Å².